The first-order valence-electron chi connectivity index (χ1n) is 9.25. The van der Waals surface area contributed by atoms with Crippen molar-refractivity contribution in [1.29, 1.82) is 0 Å². The van der Waals surface area contributed by atoms with E-state index in [0.29, 0.717) is 24.4 Å². The van der Waals surface area contributed by atoms with E-state index in [4.69, 9.17) is 4.74 Å². The van der Waals surface area contributed by atoms with Gasteiger partial charge in [0.25, 0.3) is 0 Å². The van der Waals surface area contributed by atoms with Crippen LogP contribution in [0.5, 0.6) is 5.75 Å². The molecule has 0 saturated heterocycles. The Labute approximate surface area is 167 Å². The SMILES string of the molecule is COc1ccccc1N(CCCC(=O)NCC(C)c1ccccc1)S(C)(=O)=O. The Morgan fingerprint density at radius 1 is 1.11 bits per heavy atom. The van der Waals surface area contributed by atoms with Crippen molar-refractivity contribution < 1.29 is 17.9 Å². The summed E-state index contributed by atoms with van der Waals surface area (Å²) in [6.45, 7) is 2.81. The van der Waals surface area contributed by atoms with Gasteiger partial charge in [-0.1, -0.05) is 49.4 Å². The van der Waals surface area contributed by atoms with Crippen LogP contribution >= 0.6 is 0 Å². The van der Waals surface area contributed by atoms with Gasteiger partial charge in [0.05, 0.1) is 19.1 Å². The molecule has 0 aliphatic heterocycles. The summed E-state index contributed by atoms with van der Waals surface area (Å²) < 4.78 is 31.0. The van der Waals surface area contributed by atoms with E-state index < -0.39 is 10.0 Å². The van der Waals surface area contributed by atoms with Gasteiger partial charge in [-0.25, -0.2) is 8.42 Å². The minimum Gasteiger partial charge on any atom is -0.495 e. The lowest BCUT2D eigenvalue weighted by atomic mass is 10.0. The quantitative estimate of drug-likeness (QED) is 0.660. The van der Waals surface area contributed by atoms with Crippen molar-refractivity contribution in [3.8, 4) is 5.75 Å². The van der Waals surface area contributed by atoms with Crippen LogP contribution in [0.25, 0.3) is 0 Å². The normalized spacial score (nSPS) is 12.2. The molecule has 0 spiro atoms. The number of hydrogen-bond acceptors (Lipinski definition) is 4. The van der Waals surface area contributed by atoms with Crippen LogP contribution in [-0.4, -0.2) is 40.8 Å². The molecule has 2 aromatic rings. The largest absolute Gasteiger partial charge is 0.495 e. The Balaban J connectivity index is 1.89. The van der Waals surface area contributed by atoms with E-state index in [1.165, 1.54) is 17.0 Å². The number of amides is 1. The first-order valence-corrected chi connectivity index (χ1v) is 11.1. The van der Waals surface area contributed by atoms with Crippen molar-refractivity contribution in [3.63, 3.8) is 0 Å². The topological polar surface area (TPSA) is 75.7 Å². The second-order valence-corrected chi connectivity index (χ2v) is 8.63. The van der Waals surface area contributed by atoms with Gasteiger partial charge in [0.2, 0.25) is 15.9 Å². The Kier molecular flexibility index (Phi) is 7.87. The number of anilines is 1. The second-order valence-electron chi connectivity index (χ2n) is 6.73. The van der Waals surface area contributed by atoms with Crippen LogP contribution in [0.2, 0.25) is 0 Å². The summed E-state index contributed by atoms with van der Waals surface area (Å²) in [5, 5.41) is 2.92. The zero-order valence-corrected chi connectivity index (χ0v) is 17.4. The Morgan fingerprint density at radius 2 is 1.75 bits per heavy atom. The van der Waals surface area contributed by atoms with Crippen LogP contribution in [-0.2, 0) is 14.8 Å². The molecule has 0 heterocycles. The highest BCUT2D eigenvalue weighted by Gasteiger charge is 2.20. The summed E-state index contributed by atoms with van der Waals surface area (Å²) >= 11 is 0. The molecule has 2 aromatic carbocycles. The number of para-hydroxylation sites is 2. The molecule has 1 amide bonds. The molecule has 6 nitrogen and oxygen atoms in total. The summed E-state index contributed by atoms with van der Waals surface area (Å²) in [5.41, 5.74) is 1.65. The maximum Gasteiger partial charge on any atom is 0.232 e. The molecule has 7 heteroatoms. The van der Waals surface area contributed by atoms with Gasteiger partial charge in [-0.15, -0.1) is 0 Å². The molecule has 0 bridgehead atoms. The molecule has 1 unspecified atom stereocenters. The maximum absolute atomic E-state index is 12.2. The fourth-order valence-corrected chi connectivity index (χ4v) is 3.91. The minimum atomic E-state index is -3.49. The summed E-state index contributed by atoms with van der Waals surface area (Å²) in [7, 11) is -1.99. The first-order chi connectivity index (χ1) is 13.3. The molecule has 0 radical (unpaired) electrons. The Hall–Kier alpha value is -2.54. The first kappa shape index (κ1) is 21.8. The van der Waals surface area contributed by atoms with Crippen molar-refractivity contribution in [2.24, 2.45) is 0 Å². The van der Waals surface area contributed by atoms with Crippen molar-refractivity contribution in [3.05, 3.63) is 60.2 Å². The van der Waals surface area contributed by atoms with Gasteiger partial charge >= 0.3 is 0 Å². The standard InChI is InChI=1S/C21H28N2O4S/c1-17(18-10-5-4-6-11-18)16-22-21(24)14-9-15-23(28(3,25)26)19-12-7-8-13-20(19)27-2/h4-8,10-13,17H,9,14-16H2,1-3H3,(H,22,24). The fraction of sp³-hybridized carbons (Fsp3) is 0.381. The summed E-state index contributed by atoms with van der Waals surface area (Å²) in [6, 6.07) is 16.9. The maximum atomic E-state index is 12.2. The van der Waals surface area contributed by atoms with E-state index in [0.717, 1.165) is 6.26 Å². The molecule has 0 saturated carbocycles. The van der Waals surface area contributed by atoms with Gasteiger partial charge < -0.3 is 10.1 Å². The van der Waals surface area contributed by atoms with Gasteiger partial charge in [-0.2, -0.15) is 0 Å². The van der Waals surface area contributed by atoms with Crippen molar-refractivity contribution >= 4 is 21.6 Å². The average Bonchev–Trinajstić information content (AvgIpc) is 2.69. The van der Waals surface area contributed by atoms with Crippen LogP contribution in [0.1, 0.15) is 31.2 Å². The van der Waals surface area contributed by atoms with Gasteiger partial charge in [0.15, 0.2) is 0 Å². The molecule has 0 fully saturated rings. The third kappa shape index (κ3) is 6.27. The molecule has 0 aliphatic carbocycles. The highest BCUT2D eigenvalue weighted by Crippen LogP contribution is 2.29. The molecule has 28 heavy (non-hydrogen) atoms. The molecular weight excluding hydrogens is 376 g/mol. The minimum absolute atomic E-state index is 0.0868. The lowest BCUT2D eigenvalue weighted by Gasteiger charge is -2.24. The van der Waals surface area contributed by atoms with Crippen LogP contribution in [0.4, 0.5) is 5.69 Å². The van der Waals surface area contributed by atoms with E-state index in [2.05, 4.69) is 12.2 Å². The summed E-state index contributed by atoms with van der Waals surface area (Å²) in [6.07, 6.45) is 1.82. The molecule has 2 rings (SSSR count). The van der Waals surface area contributed by atoms with Gasteiger partial charge in [-0.05, 0) is 30.0 Å². The van der Waals surface area contributed by atoms with Gasteiger partial charge in [0.1, 0.15) is 5.75 Å². The van der Waals surface area contributed by atoms with Crippen LogP contribution in [0.15, 0.2) is 54.6 Å². The summed E-state index contributed by atoms with van der Waals surface area (Å²) in [4.78, 5) is 12.2. The van der Waals surface area contributed by atoms with E-state index in [-0.39, 0.29) is 24.8 Å². The Bertz CT molecular complexity index is 869. The van der Waals surface area contributed by atoms with Crippen LogP contribution in [0, 0.1) is 0 Å². The smallest absolute Gasteiger partial charge is 0.232 e. The number of carbonyl (C=O) groups is 1. The number of nitrogens with zero attached hydrogens (tertiary/aromatic N) is 1. The van der Waals surface area contributed by atoms with Crippen molar-refractivity contribution in [1.82, 2.24) is 5.32 Å². The van der Waals surface area contributed by atoms with E-state index in [1.807, 2.05) is 30.3 Å². The zero-order chi connectivity index (χ0) is 20.6. The third-order valence-corrected chi connectivity index (χ3v) is 5.67. The monoisotopic (exact) mass is 404 g/mol. The second kappa shape index (κ2) is 10.1. The number of carbonyl (C=O) groups excluding carboxylic acids is 1. The fourth-order valence-electron chi connectivity index (χ4n) is 2.94. The van der Waals surface area contributed by atoms with E-state index in [9.17, 15) is 13.2 Å². The number of benzene rings is 2. The lowest BCUT2D eigenvalue weighted by molar-refractivity contribution is -0.121. The van der Waals surface area contributed by atoms with Crippen LogP contribution < -0.4 is 14.4 Å². The van der Waals surface area contributed by atoms with E-state index in [1.54, 1.807) is 24.3 Å². The molecular formula is C21H28N2O4S. The average molecular weight is 405 g/mol. The predicted octanol–water partition coefficient (Wildman–Crippen LogP) is 3.16. The molecule has 1 N–H and O–H groups in total. The number of sulfonamides is 1. The Morgan fingerprint density at radius 3 is 2.39 bits per heavy atom. The molecule has 1 atom stereocenters. The van der Waals surface area contributed by atoms with E-state index >= 15 is 0 Å². The number of rotatable bonds is 10. The molecule has 0 aromatic heterocycles. The zero-order valence-electron chi connectivity index (χ0n) is 16.6. The molecule has 152 valence electrons. The number of methoxy groups -OCH3 is 1. The highest BCUT2D eigenvalue weighted by atomic mass is 32.2. The third-order valence-electron chi connectivity index (χ3n) is 4.49. The predicted molar refractivity (Wildman–Crippen MR) is 112 cm³/mol. The number of hydrogen-bond donors (Lipinski definition) is 1. The highest BCUT2D eigenvalue weighted by molar-refractivity contribution is 7.92. The summed E-state index contributed by atoms with van der Waals surface area (Å²) in [5.74, 6) is 0.608. The number of ether oxygens (including phenoxy) is 1. The molecule has 0 aliphatic rings. The lowest BCUT2D eigenvalue weighted by Crippen LogP contribution is -2.33. The van der Waals surface area contributed by atoms with Crippen LogP contribution in [0.3, 0.4) is 0 Å². The van der Waals surface area contributed by atoms with Gasteiger partial charge in [-0.3, -0.25) is 9.10 Å². The van der Waals surface area contributed by atoms with Gasteiger partial charge in [0, 0.05) is 19.5 Å². The van der Waals surface area contributed by atoms with Crippen molar-refractivity contribution in [2.75, 3.05) is 30.8 Å². The number of nitrogens with one attached hydrogen (secondary N) is 1. The van der Waals surface area contributed by atoms with Crippen molar-refractivity contribution in [2.45, 2.75) is 25.7 Å².